The SMILES string of the molecule is Clc1ncc(C#CCBr)cn1. The summed E-state index contributed by atoms with van der Waals surface area (Å²) in [5.41, 5.74) is 0.772. The molecule has 0 atom stereocenters. The highest BCUT2D eigenvalue weighted by molar-refractivity contribution is 9.09. The second kappa shape index (κ2) is 4.32. The van der Waals surface area contributed by atoms with Crippen molar-refractivity contribution < 1.29 is 0 Å². The molecule has 1 aromatic heterocycles. The quantitative estimate of drug-likeness (QED) is 0.387. The van der Waals surface area contributed by atoms with Crippen LogP contribution in [0, 0.1) is 11.8 Å². The maximum absolute atomic E-state index is 5.47. The van der Waals surface area contributed by atoms with E-state index in [1.54, 1.807) is 12.4 Å². The summed E-state index contributed by atoms with van der Waals surface area (Å²) < 4.78 is 0. The molecule has 1 rings (SSSR count). The number of alkyl halides is 1. The van der Waals surface area contributed by atoms with Gasteiger partial charge in [0.2, 0.25) is 5.28 Å². The summed E-state index contributed by atoms with van der Waals surface area (Å²) in [6.45, 7) is 0. The van der Waals surface area contributed by atoms with E-state index in [1.165, 1.54) is 0 Å². The van der Waals surface area contributed by atoms with Crippen LogP contribution in [0.3, 0.4) is 0 Å². The minimum atomic E-state index is 0.245. The molecule has 0 saturated carbocycles. The summed E-state index contributed by atoms with van der Waals surface area (Å²) in [5, 5.41) is 0.893. The zero-order valence-corrected chi connectivity index (χ0v) is 7.85. The van der Waals surface area contributed by atoms with E-state index in [1.807, 2.05) is 0 Å². The number of hydrogen-bond donors (Lipinski definition) is 0. The van der Waals surface area contributed by atoms with Crippen LogP contribution in [-0.4, -0.2) is 15.3 Å². The zero-order chi connectivity index (χ0) is 8.10. The zero-order valence-electron chi connectivity index (χ0n) is 5.51. The van der Waals surface area contributed by atoms with E-state index in [4.69, 9.17) is 11.6 Å². The summed E-state index contributed by atoms with van der Waals surface area (Å²) in [4.78, 5) is 7.54. The van der Waals surface area contributed by atoms with Crippen LogP contribution < -0.4 is 0 Å². The summed E-state index contributed by atoms with van der Waals surface area (Å²) in [5.74, 6) is 5.67. The Morgan fingerprint density at radius 3 is 2.64 bits per heavy atom. The molecule has 0 saturated heterocycles. The van der Waals surface area contributed by atoms with Crippen LogP contribution in [0.2, 0.25) is 5.28 Å². The molecule has 4 heteroatoms. The van der Waals surface area contributed by atoms with Crippen LogP contribution in [0.1, 0.15) is 5.56 Å². The molecular weight excluding hydrogens is 227 g/mol. The molecule has 0 radical (unpaired) electrons. The van der Waals surface area contributed by atoms with Gasteiger partial charge >= 0.3 is 0 Å². The second-order valence-electron chi connectivity index (χ2n) is 1.68. The molecule has 1 aromatic rings. The predicted octanol–water partition coefficient (Wildman–Crippen LogP) is 1.88. The van der Waals surface area contributed by atoms with Gasteiger partial charge in [-0.3, -0.25) is 0 Å². The molecule has 0 N–H and O–H groups in total. The average molecular weight is 231 g/mol. The Hall–Kier alpha value is -0.590. The smallest absolute Gasteiger partial charge is 0.222 e. The van der Waals surface area contributed by atoms with Crippen molar-refractivity contribution in [1.82, 2.24) is 9.97 Å². The lowest BCUT2D eigenvalue weighted by Gasteiger charge is -1.87. The number of halogens is 2. The minimum Gasteiger partial charge on any atom is -0.225 e. The van der Waals surface area contributed by atoms with Crippen LogP contribution >= 0.6 is 27.5 Å². The lowest BCUT2D eigenvalue weighted by atomic mass is 10.3. The van der Waals surface area contributed by atoms with Gasteiger partial charge in [-0.2, -0.15) is 0 Å². The molecule has 56 valence electrons. The van der Waals surface area contributed by atoms with Gasteiger partial charge in [0.15, 0.2) is 0 Å². The van der Waals surface area contributed by atoms with E-state index in [9.17, 15) is 0 Å². The van der Waals surface area contributed by atoms with Gasteiger partial charge in [0, 0.05) is 12.4 Å². The molecule has 11 heavy (non-hydrogen) atoms. The van der Waals surface area contributed by atoms with E-state index in [2.05, 4.69) is 37.7 Å². The Labute approximate surface area is 78.1 Å². The Bertz CT molecular complexity index is 286. The molecule has 0 bridgehead atoms. The molecule has 0 fully saturated rings. The van der Waals surface area contributed by atoms with Crippen molar-refractivity contribution in [3.8, 4) is 11.8 Å². The lowest BCUT2D eigenvalue weighted by molar-refractivity contribution is 1.16. The molecule has 0 aliphatic carbocycles. The van der Waals surface area contributed by atoms with Crippen molar-refractivity contribution in [2.45, 2.75) is 0 Å². The molecular formula is C7H4BrClN2. The molecule has 0 spiro atoms. The molecule has 2 nitrogen and oxygen atoms in total. The van der Waals surface area contributed by atoms with E-state index in [0.717, 1.165) is 5.56 Å². The highest BCUT2D eigenvalue weighted by atomic mass is 79.9. The standard InChI is InChI=1S/C7H4BrClN2/c8-3-1-2-6-4-10-7(9)11-5-6/h4-5H,3H2. The Kier molecular flexibility index (Phi) is 3.34. The molecule has 0 amide bonds. The average Bonchev–Trinajstić information content (AvgIpc) is 2.04. The van der Waals surface area contributed by atoms with Crippen LogP contribution in [0.4, 0.5) is 0 Å². The monoisotopic (exact) mass is 230 g/mol. The Morgan fingerprint density at radius 1 is 1.45 bits per heavy atom. The number of rotatable bonds is 0. The number of nitrogens with zero attached hydrogens (tertiary/aromatic N) is 2. The van der Waals surface area contributed by atoms with Crippen LogP contribution in [-0.2, 0) is 0 Å². The first kappa shape index (κ1) is 8.51. The molecule has 0 aliphatic rings. The van der Waals surface area contributed by atoms with Crippen LogP contribution in [0.25, 0.3) is 0 Å². The summed E-state index contributed by atoms with van der Waals surface area (Å²) >= 11 is 8.65. The van der Waals surface area contributed by atoms with E-state index >= 15 is 0 Å². The molecule has 0 aliphatic heterocycles. The predicted molar refractivity (Wildman–Crippen MR) is 47.7 cm³/mol. The second-order valence-corrected chi connectivity index (χ2v) is 2.57. The first-order chi connectivity index (χ1) is 5.33. The third-order valence-corrected chi connectivity index (χ3v) is 1.40. The van der Waals surface area contributed by atoms with Gasteiger partial charge in [-0.15, -0.1) is 0 Å². The van der Waals surface area contributed by atoms with Gasteiger partial charge in [-0.05, 0) is 11.6 Å². The maximum atomic E-state index is 5.47. The first-order valence-corrected chi connectivity index (χ1v) is 4.35. The maximum Gasteiger partial charge on any atom is 0.222 e. The molecule has 0 aromatic carbocycles. The van der Waals surface area contributed by atoms with Crippen molar-refractivity contribution >= 4 is 27.5 Å². The van der Waals surface area contributed by atoms with Crippen LogP contribution in [0.5, 0.6) is 0 Å². The van der Waals surface area contributed by atoms with Crippen molar-refractivity contribution in [1.29, 1.82) is 0 Å². The lowest BCUT2D eigenvalue weighted by Crippen LogP contribution is -1.82. The highest BCUT2D eigenvalue weighted by Crippen LogP contribution is 1.98. The van der Waals surface area contributed by atoms with Gasteiger partial charge < -0.3 is 0 Å². The summed E-state index contributed by atoms with van der Waals surface area (Å²) in [7, 11) is 0. The van der Waals surface area contributed by atoms with E-state index in [-0.39, 0.29) is 5.28 Å². The Morgan fingerprint density at radius 2 is 2.09 bits per heavy atom. The number of aromatic nitrogens is 2. The fraction of sp³-hybridized carbons (Fsp3) is 0.143. The van der Waals surface area contributed by atoms with Gasteiger partial charge in [0.05, 0.1) is 10.9 Å². The van der Waals surface area contributed by atoms with Gasteiger partial charge in [-0.25, -0.2) is 9.97 Å². The summed E-state index contributed by atoms with van der Waals surface area (Å²) in [6.07, 6.45) is 3.18. The van der Waals surface area contributed by atoms with Gasteiger partial charge in [0.1, 0.15) is 0 Å². The largest absolute Gasteiger partial charge is 0.225 e. The first-order valence-electron chi connectivity index (χ1n) is 2.85. The number of hydrogen-bond acceptors (Lipinski definition) is 2. The molecule has 1 heterocycles. The van der Waals surface area contributed by atoms with Crippen molar-refractivity contribution in [3.63, 3.8) is 0 Å². The fourth-order valence-corrected chi connectivity index (χ4v) is 0.750. The van der Waals surface area contributed by atoms with Crippen molar-refractivity contribution in [2.24, 2.45) is 0 Å². The third-order valence-electron chi connectivity index (χ3n) is 0.920. The Balaban J connectivity index is 2.82. The third kappa shape index (κ3) is 2.87. The van der Waals surface area contributed by atoms with Crippen molar-refractivity contribution in [3.05, 3.63) is 23.2 Å². The minimum absolute atomic E-state index is 0.245. The van der Waals surface area contributed by atoms with Crippen LogP contribution in [0.15, 0.2) is 12.4 Å². The molecule has 0 unspecified atom stereocenters. The fourth-order valence-electron chi connectivity index (χ4n) is 0.512. The highest BCUT2D eigenvalue weighted by Gasteiger charge is 1.88. The van der Waals surface area contributed by atoms with Crippen molar-refractivity contribution in [2.75, 3.05) is 5.33 Å². The van der Waals surface area contributed by atoms with Gasteiger partial charge in [0.25, 0.3) is 0 Å². The summed E-state index contributed by atoms with van der Waals surface area (Å²) in [6, 6.07) is 0. The van der Waals surface area contributed by atoms with Gasteiger partial charge in [-0.1, -0.05) is 27.8 Å². The normalized spacial score (nSPS) is 8.55. The topological polar surface area (TPSA) is 25.8 Å². The van der Waals surface area contributed by atoms with E-state index < -0.39 is 0 Å². The van der Waals surface area contributed by atoms with E-state index in [0.29, 0.717) is 5.33 Å².